The Labute approximate surface area is 116 Å². The average Bonchev–Trinajstić information content (AvgIpc) is 2.91. The van der Waals surface area contributed by atoms with Gasteiger partial charge in [-0.25, -0.2) is 18.1 Å². The number of nitrogens with zero attached hydrogens (tertiary/aromatic N) is 1. The summed E-state index contributed by atoms with van der Waals surface area (Å²) in [7, 11) is -3.48. The first kappa shape index (κ1) is 14.0. The van der Waals surface area contributed by atoms with Gasteiger partial charge in [-0.3, -0.25) is 0 Å². The molecule has 2 rings (SSSR count). The number of aromatic nitrogens is 1. The van der Waals surface area contributed by atoms with Crippen molar-refractivity contribution < 1.29 is 8.42 Å². The minimum absolute atomic E-state index is 0.217. The lowest BCUT2D eigenvalue weighted by Crippen LogP contribution is -2.23. The smallest absolute Gasteiger partial charge is 0.240 e. The predicted molar refractivity (Wildman–Crippen MR) is 76.7 cm³/mol. The van der Waals surface area contributed by atoms with Crippen molar-refractivity contribution in [1.29, 1.82) is 0 Å². The zero-order chi connectivity index (χ0) is 13.7. The van der Waals surface area contributed by atoms with Gasteiger partial charge in [0.05, 0.1) is 11.4 Å². The van der Waals surface area contributed by atoms with Crippen molar-refractivity contribution >= 4 is 27.0 Å². The lowest BCUT2D eigenvalue weighted by atomic mass is 10.3. The summed E-state index contributed by atoms with van der Waals surface area (Å²) in [6.45, 7) is 3.00. The standard InChI is InChI=1S/C12H15N3O2S2/c1-2-13-10-3-5-11(6-4-10)19(16,17)15-9-12-14-7-8-18-12/h3-8,13,15H,2,9H2,1H3. The summed E-state index contributed by atoms with van der Waals surface area (Å²) in [5, 5.41) is 5.67. The van der Waals surface area contributed by atoms with Crippen molar-refractivity contribution in [1.82, 2.24) is 9.71 Å². The van der Waals surface area contributed by atoms with Crippen molar-refractivity contribution in [3.05, 3.63) is 40.8 Å². The van der Waals surface area contributed by atoms with E-state index in [9.17, 15) is 8.42 Å². The van der Waals surface area contributed by atoms with Crippen LogP contribution >= 0.6 is 11.3 Å². The lowest BCUT2D eigenvalue weighted by molar-refractivity contribution is 0.581. The molecule has 0 bridgehead atoms. The molecule has 0 fully saturated rings. The Balaban J connectivity index is 2.06. The van der Waals surface area contributed by atoms with Crippen molar-refractivity contribution in [3.8, 4) is 0 Å². The monoisotopic (exact) mass is 297 g/mol. The van der Waals surface area contributed by atoms with Crippen LogP contribution in [0.15, 0.2) is 40.7 Å². The first-order valence-corrected chi connectivity index (χ1v) is 8.20. The second-order valence-electron chi connectivity index (χ2n) is 3.81. The highest BCUT2D eigenvalue weighted by molar-refractivity contribution is 7.89. The van der Waals surface area contributed by atoms with Crippen LogP contribution in [-0.4, -0.2) is 19.9 Å². The van der Waals surface area contributed by atoms with Gasteiger partial charge in [-0.2, -0.15) is 0 Å². The number of hydrogen-bond donors (Lipinski definition) is 2. The van der Waals surface area contributed by atoms with Gasteiger partial charge in [-0.15, -0.1) is 11.3 Å². The molecule has 7 heteroatoms. The second kappa shape index (κ2) is 6.14. The quantitative estimate of drug-likeness (QED) is 0.856. The molecule has 0 aliphatic heterocycles. The fourth-order valence-electron chi connectivity index (χ4n) is 1.54. The summed E-state index contributed by atoms with van der Waals surface area (Å²) in [5.41, 5.74) is 0.904. The molecule has 0 saturated carbocycles. The molecule has 5 nitrogen and oxygen atoms in total. The Morgan fingerprint density at radius 1 is 1.26 bits per heavy atom. The minimum Gasteiger partial charge on any atom is -0.385 e. The fourth-order valence-corrected chi connectivity index (χ4v) is 3.17. The van der Waals surface area contributed by atoms with Crippen LogP contribution in [0, 0.1) is 0 Å². The summed E-state index contributed by atoms with van der Waals surface area (Å²) < 4.78 is 26.6. The van der Waals surface area contributed by atoms with E-state index in [1.54, 1.807) is 30.5 Å². The van der Waals surface area contributed by atoms with E-state index in [0.29, 0.717) is 0 Å². The number of hydrogen-bond acceptors (Lipinski definition) is 5. The Kier molecular flexibility index (Phi) is 4.52. The van der Waals surface area contributed by atoms with Gasteiger partial charge in [0.1, 0.15) is 5.01 Å². The molecular formula is C12H15N3O2S2. The van der Waals surface area contributed by atoms with Crippen molar-refractivity contribution in [2.24, 2.45) is 0 Å². The van der Waals surface area contributed by atoms with Crippen LogP contribution in [-0.2, 0) is 16.6 Å². The maximum Gasteiger partial charge on any atom is 0.240 e. The van der Waals surface area contributed by atoms with Crippen LogP contribution in [0.4, 0.5) is 5.69 Å². The lowest BCUT2D eigenvalue weighted by Gasteiger charge is -2.07. The van der Waals surface area contributed by atoms with Crippen LogP contribution < -0.4 is 10.0 Å². The third-order valence-corrected chi connectivity index (χ3v) is 4.64. The van der Waals surface area contributed by atoms with Crippen molar-refractivity contribution in [2.75, 3.05) is 11.9 Å². The third kappa shape index (κ3) is 3.76. The molecule has 1 heterocycles. The summed E-state index contributed by atoms with van der Waals surface area (Å²) >= 11 is 1.42. The van der Waals surface area contributed by atoms with Crippen LogP contribution in [0.5, 0.6) is 0 Å². The summed E-state index contributed by atoms with van der Waals surface area (Å²) in [5.74, 6) is 0. The molecule has 0 aliphatic rings. The number of thiazole rings is 1. The molecule has 2 aromatic rings. The van der Waals surface area contributed by atoms with Gasteiger partial charge in [0, 0.05) is 23.8 Å². The fraction of sp³-hybridized carbons (Fsp3) is 0.250. The molecule has 1 aromatic heterocycles. The number of anilines is 1. The molecule has 0 spiro atoms. The predicted octanol–water partition coefficient (Wildman–Crippen LogP) is 2.05. The number of nitrogens with one attached hydrogen (secondary N) is 2. The van der Waals surface area contributed by atoms with E-state index in [2.05, 4.69) is 15.0 Å². The maximum absolute atomic E-state index is 12.0. The molecule has 0 saturated heterocycles. The van der Waals surface area contributed by atoms with E-state index in [0.717, 1.165) is 17.2 Å². The maximum atomic E-state index is 12.0. The largest absolute Gasteiger partial charge is 0.385 e. The van der Waals surface area contributed by atoms with E-state index in [1.807, 2.05) is 12.3 Å². The van der Waals surface area contributed by atoms with E-state index >= 15 is 0 Å². The second-order valence-corrected chi connectivity index (χ2v) is 6.55. The van der Waals surface area contributed by atoms with Gasteiger partial charge in [0.2, 0.25) is 10.0 Å². The Morgan fingerprint density at radius 2 is 2.00 bits per heavy atom. The van der Waals surface area contributed by atoms with Gasteiger partial charge >= 0.3 is 0 Å². The Bertz CT molecular complexity index is 607. The van der Waals surface area contributed by atoms with Crippen LogP contribution in [0.1, 0.15) is 11.9 Å². The number of benzene rings is 1. The van der Waals surface area contributed by atoms with Crippen LogP contribution in [0.2, 0.25) is 0 Å². The molecule has 2 N–H and O–H groups in total. The first-order valence-electron chi connectivity index (χ1n) is 5.84. The highest BCUT2D eigenvalue weighted by Gasteiger charge is 2.13. The summed E-state index contributed by atoms with van der Waals surface area (Å²) in [6, 6.07) is 6.67. The zero-order valence-corrected chi connectivity index (χ0v) is 12.1. The minimum atomic E-state index is -3.48. The Hall–Kier alpha value is -1.44. The molecule has 0 aliphatic carbocycles. The molecule has 1 aromatic carbocycles. The highest BCUT2D eigenvalue weighted by Crippen LogP contribution is 2.14. The molecular weight excluding hydrogens is 282 g/mol. The van der Waals surface area contributed by atoms with Gasteiger partial charge in [-0.05, 0) is 31.2 Å². The number of rotatable bonds is 6. The van der Waals surface area contributed by atoms with Gasteiger partial charge in [0.15, 0.2) is 0 Å². The van der Waals surface area contributed by atoms with Crippen LogP contribution in [0.25, 0.3) is 0 Å². The van der Waals surface area contributed by atoms with E-state index in [4.69, 9.17) is 0 Å². The Morgan fingerprint density at radius 3 is 2.58 bits per heavy atom. The molecule has 102 valence electrons. The van der Waals surface area contributed by atoms with E-state index in [1.165, 1.54) is 11.3 Å². The average molecular weight is 297 g/mol. The van der Waals surface area contributed by atoms with E-state index in [-0.39, 0.29) is 11.4 Å². The summed E-state index contributed by atoms with van der Waals surface area (Å²) in [4.78, 5) is 4.29. The normalized spacial score (nSPS) is 11.4. The molecule has 19 heavy (non-hydrogen) atoms. The van der Waals surface area contributed by atoms with Crippen molar-refractivity contribution in [3.63, 3.8) is 0 Å². The molecule has 0 unspecified atom stereocenters. The van der Waals surface area contributed by atoms with Crippen molar-refractivity contribution in [2.45, 2.75) is 18.4 Å². The zero-order valence-electron chi connectivity index (χ0n) is 10.5. The SMILES string of the molecule is CCNc1ccc(S(=O)(=O)NCc2nccs2)cc1. The third-order valence-electron chi connectivity index (χ3n) is 2.44. The topological polar surface area (TPSA) is 71.1 Å². The van der Waals surface area contributed by atoms with Gasteiger partial charge < -0.3 is 5.32 Å². The van der Waals surface area contributed by atoms with Gasteiger partial charge in [-0.1, -0.05) is 0 Å². The van der Waals surface area contributed by atoms with Crippen LogP contribution in [0.3, 0.4) is 0 Å². The summed E-state index contributed by atoms with van der Waals surface area (Å²) in [6.07, 6.45) is 1.65. The first-order chi connectivity index (χ1) is 9.12. The molecule has 0 atom stereocenters. The van der Waals surface area contributed by atoms with Gasteiger partial charge in [0.25, 0.3) is 0 Å². The number of sulfonamides is 1. The highest BCUT2D eigenvalue weighted by atomic mass is 32.2. The van der Waals surface area contributed by atoms with E-state index < -0.39 is 10.0 Å². The molecule has 0 radical (unpaired) electrons. The molecule has 0 amide bonds.